The van der Waals surface area contributed by atoms with E-state index in [9.17, 15) is 4.79 Å². The van der Waals surface area contributed by atoms with Gasteiger partial charge in [0.15, 0.2) is 5.65 Å². The first-order chi connectivity index (χ1) is 8.66. The van der Waals surface area contributed by atoms with Gasteiger partial charge in [-0.1, -0.05) is 11.6 Å². The minimum atomic E-state index is -0.336. The van der Waals surface area contributed by atoms with Gasteiger partial charge in [-0.2, -0.15) is 0 Å². The van der Waals surface area contributed by atoms with Gasteiger partial charge in [-0.15, -0.1) is 0 Å². The van der Waals surface area contributed by atoms with E-state index in [4.69, 9.17) is 17.3 Å². The molecular weight excluding hydrogens is 254 g/mol. The van der Waals surface area contributed by atoms with Crippen LogP contribution in [0.4, 0.5) is 5.95 Å². The molecule has 0 bridgehead atoms. The lowest BCUT2D eigenvalue weighted by Crippen LogP contribution is -2.38. The number of rotatable bonds is 1. The Labute approximate surface area is 108 Å². The molecule has 1 aliphatic rings. The topological polar surface area (TPSA) is 85.8 Å². The Balaban J connectivity index is 2.15. The Morgan fingerprint density at radius 2 is 2.39 bits per heavy atom. The lowest BCUT2D eigenvalue weighted by molar-refractivity contribution is -0.125. The van der Waals surface area contributed by atoms with Crippen molar-refractivity contribution in [2.45, 2.75) is 18.9 Å². The number of pyridine rings is 1. The van der Waals surface area contributed by atoms with E-state index < -0.39 is 0 Å². The van der Waals surface area contributed by atoms with Crippen LogP contribution in [0.5, 0.6) is 0 Å². The van der Waals surface area contributed by atoms with Gasteiger partial charge >= 0.3 is 0 Å². The van der Waals surface area contributed by atoms with E-state index in [2.05, 4.69) is 15.3 Å². The van der Waals surface area contributed by atoms with Crippen LogP contribution in [-0.2, 0) is 4.79 Å². The predicted octanol–water partition coefficient (Wildman–Crippen LogP) is 1.12. The molecular formula is C11H12ClN5O. The minimum Gasteiger partial charge on any atom is -0.369 e. The van der Waals surface area contributed by atoms with Crippen molar-refractivity contribution in [3.8, 4) is 0 Å². The highest BCUT2D eigenvalue weighted by Crippen LogP contribution is 2.27. The second kappa shape index (κ2) is 4.13. The fourth-order valence-corrected chi connectivity index (χ4v) is 2.44. The van der Waals surface area contributed by atoms with E-state index in [1.165, 1.54) is 6.20 Å². The third-order valence-electron chi connectivity index (χ3n) is 3.09. The van der Waals surface area contributed by atoms with Crippen LogP contribution in [0, 0.1) is 0 Å². The molecule has 1 unspecified atom stereocenters. The van der Waals surface area contributed by atoms with Gasteiger partial charge in [-0.25, -0.2) is 9.97 Å². The van der Waals surface area contributed by atoms with Gasteiger partial charge in [0, 0.05) is 12.7 Å². The molecule has 18 heavy (non-hydrogen) atoms. The summed E-state index contributed by atoms with van der Waals surface area (Å²) in [6.07, 6.45) is 3.19. The maximum absolute atomic E-state index is 11.9. The Morgan fingerprint density at radius 3 is 3.17 bits per heavy atom. The van der Waals surface area contributed by atoms with Gasteiger partial charge < -0.3 is 11.1 Å². The van der Waals surface area contributed by atoms with Crippen molar-refractivity contribution >= 4 is 34.6 Å². The number of imidazole rings is 1. The molecule has 1 atom stereocenters. The molecule has 2 aromatic heterocycles. The molecule has 0 saturated carbocycles. The quantitative estimate of drug-likeness (QED) is 0.809. The molecule has 0 spiro atoms. The summed E-state index contributed by atoms with van der Waals surface area (Å²) in [5, 5.41) is 3.33. The van der Waals surface area contributed by atoms with Gasteiger partial charge in [-0.05, 0) is 18.9 Å². The number of hydrogen-bond acceptors (Lipinski definition) is 4. The second-order valence-electron chi connectivity index (χ2n) is 4.29. The summed E-state index contributed by atoms with van der Waals surface area (Å²) < 4.78 is 1.68. The molecule has 0 radical (unpaired) electrons. The predicted molar refractivity (Wildman–Crippen MR) is 68.2 cm³/mol. The fraction of sp³-hybridized carbons (Fsp3) is 0.364. The zero-order chi connectivity index (χ0) is 12.7. The number of carbonyl (C=O) groups excluding carboxylic acids is 1. The molecule has 1 aliphatic heterocycles. The van der Waals surface area contributed by atoms with Gasteiger partial charge in [0.1, 0.15) is 11.6 Å². The molecule has 1 saturated heterocycles. The van der Waals surface area contributed by atoms with Crippen LogP contribution in [-0.4, -0.2) is 27.0 Å². The maximum atomic E-state index is 11.9. The van der Waals surface area contributed by atoms with Crippen LogP contribution >= 0.6 is 11.6 Å². The number of fused-ring (bicyclic) bond motifs is 1. The number of nitrogens with two attached hydrogens (primary N) is 1. The van der Waals surface area contributed by atoms with Gasteiger partial charge in [0.05, 0.1) is 5.02 Å². The number of carbonyl (C=O) groups is 1. The fourth-order valence-electron chi connectivity index (χ4n) is 2.28. The Bertz CT molecular complexity index is 623. The summed E-state index contributed by atoms with van der Waals surface area (Å²) in [7, 11) is 0. The van der Waals surface area contributed by atoms with Crippen LogP contribution in [0.3, 0.4) is 0 Å². The van der Waals surface area contributed by atoms with Gasteiger partial charge in [0.2, 0.25) is 11.9 Å². The molecule has 1 amide bonds. The Kier molecular flexibility index (Phi) is 2.59. The van der Waals surface area contributed by atoms with Crippen molar-refractivity contribution in [2.75, 3.05) is 12.3 Å². The van der Waals surface area contributed by atoms with Crippen molar-refractivity contribution in [1.82, 2.24) is 19.9 Å². The minimum absolute atomic E-state index is 0.0380. The normalized spacial score (nSPS) is 20.1. The van der Waals surface area contributed by atoms with E-state index in [0.29, 0.717) is 28.7 Å². The van der Waals surface area contributed by atoms with Crippen molar-refractivity contribution in [3.63, 3.8) is 0 Å². The first-order valence-corrected chi connectivity index (χ1v) is 6.11. The third kappa shape index (κ3) is 1.69. The number of anilines is 1. The van der Waals surface area contributed by atoms with Crippen molar-refractivity contribution in [3.05, 3.63) is 17.3 Å². The number of hydrogen-bond donors (Lipinski definition) is 2. The third-order valence-corrected chi connectivity index (χ3v) is 3.30. The molecule has 94 valence electrons. The van der Waals surface area contributed by atoms with Gasteiger partial charge in [0.25, 0.3) is 0 Å². The number of aromatic nitrogens is 3. The molecule has 1 fully saturated rings. The highest BCUT2D eigenvalue weighted by atomic mass is 35.5. The summed E-state index contributed by atoms with van der Waals surface area (Å²) in [5.74, 6) is 0.255. The van der Waals surface area contributed by atoms with Crippen molar-refractivity contribution < 1.29 is 4.79 Å². The van der Waals surface area contributed by atoms with E-state index in [0.717, 1.165) is 12.8 Å². The molecule has 0 aromatic carbocycles. The molecule has 3 heterocycles. The SMILES string of the molecule is Nc1nc2cc(Cl)cnc2n1C1CCCNC1=O. The number of nitrogens with one attached hydrogen (secondary N) is 1. The number of halogens is 1. The highest BCUT2D eigenvalue weighted by molar-refractivity contribution is 6.31. The second-order valence-corrected chi connectivity index (χ2v) is 4.72. The summed E-state index contributed by atoms with van der Waals surface area (Å²) in [5.41, 5.74) is 7.09. The average Bonchev–Trinajstić information content (AvgIpc) is 2.65. The van der Waals surface area contributed by atoms with E-state index in [1.54, 1.807) is 10.6 Å². The summed E-state index contributed by atoms with van der Waals surface area (Å²) in [6.45, 7) is 0.709. The number of nitrogens with zero attached hydrogens (tertiary/aromatic N) is 3. The lowest BCUT2D eigenvalue weighted by Gasteiger charge is -2.23. The molecule has 3 N–H and O–H groups in total. The van der Waals surface area contributed by atoms with E-state index in [-0.39, 0.29) is 11.9 Å². The molecule has 7 heteroatoms. The summed E-state index contributed by atoms with van der Waals surface area (Å²) in [6, 6.07) is 1.36. The zero-order valence-corrected chi connectivity index (χ0v) is 10.3. The van der Waals surface area contributed by atoms with Crippen LogP contribution in [0.1, 0.15) is 18.9 Å². The molecule has 0 aliphatic carbocycles. The standard InChI is InChI=1S/C11H12ClN5O/c12-6-4-7-9(15-5-6)17(11(13)16-7)8-2-1-3-14-10(8)18/h4-5,8H,1-3H2,(H2,13,16)(H,14,18). The van der Waals surface area contributed by atoms with Crippen LogP contribution in [0.25, 0.3) is 11.2 Å². The largest absolute Gasteiger partial charge is 0.369 e. The first kappa shape index (κ1) is 11.3. The van der Waals surface area contributed by atoms with Crippen LogP contribution in [0.15, 0.2) is 12.3 Å². The van der Waals surface area contributed by atoms with Crippen LogP contribution < -0.4 is 11.1 Å². The Hall–Kier alpha value is -1.82. The smallest absolute Gasteiger partial charge is 0.243 e. The average molecular weight is 266 g/mol. The lowest BCUT2D eigenvalue weighted by atomic mass is 10.1. The number of nitrogen functional groups attached to an aromatic ring is 1. The van der Waals surface area contributed by atoms with Crippen molar-refractivity contribution in [2.24, 2.45) is 0 Å². The van der Waals surface area contributed by atoms with Gasteiger partial charge in [-0.3, -0.25) is 9.36 Å². The molecule has 3 rings (SSSR count). The van der Waals surface area contributed by atoms with E-state index >= 15 is 0 Å². The maximum Gasteiger partial charge on any atom is 0.243 e. The molecule has 2 aromatic rings. The zero-order valence-electron chi connectivity index (χ0n) is 9.56. The number of amides is 1. The van der Waals surface area contributed by atoms with E-state index in [1.807, 2.05) is 0 Å². The van der Waals surface area contributed by atoms with Crippen LogP contribution in [0.2, 0.25) is 5.02 Å². The van der Waals surface area contributed by atoms with Crippen molar-refractivity contribution in [1.29, 1.82) is 0 Å². The Morgan fingerprint density at radius 1 is 1.56 bits per heavy atom. The molecule has 6 nitrogen and oxygen atoms in total. The summed E-state index contributed by atoms with van der Waals surface area (Å²) >= 11 is 5.86. The summed E-state index contributed by atoms with van der Waals surface area (Å²) in [4.78, 5) is 20.3. The highest BCUT2D eigenvalue weighted by Gasteiger charge is 2.27. The number of piperidine rings is 1. The monoisotopic (exact) mass is 265 g/mol. The first-order valence-electron chi connectivity index (χ1n) is 5.73.